The Labute approximate surface area is 854 Å². The number of nitrogens with zero attached hydrogens (tertiary/aromatic N) is 14. The zero-order valence-corrected chi connectivity index (χ0v) is 84.1. The Morgan fingerprint density at radius 3 is 1.19 bits per heavy atom. The number of ether oxygens (including phenoxy) is 7. The maximum Gasteiger partial charge on any atom is 0.221 e. The number of halogens is 12. The second kappa shape index (κ2) is 40.1. The summed E-state index contributed by atoms with van der Waals surface area (Å²) in [4.78, 5) is 61.8. The summed E-state index contributed by atoms with van der Waals surface area (Å²) < 4.78 is 43.0. The fraction of sp³-hybridized carbons (Fsp3) is 0.191. The first kappa shape index (κ1) is 96.3. The Morgan fingerprint density at radius 2 is 0.761 bits per heavy atom. The largest absolute Gasteiger partial charge is 0.495 e. The molecule has 706 valence electrons. The third-order valence-electron chi connectivity index (χ3n) is 22.8. The predicted octanol–water partition coefficient (Wildman–Crippen LogP) is 24.3. The van der Waals surface area contributed by atoms with Crippen LogP contribution in [0.2, 0.25) is 60.3 Å². The number of aryl methyl sites for hydroxylation is 2. The maximum absolute atomic E-state index is 6.55. The van der Waals surface area contributed by atoms with Gasteiger partial charge in [-0.25, -0.2) is 59.8 Å². The number of fused-ring (bicyclic) bond motifs is 11. The second-order valence-corrected chi connectivity index (χ2v) is 38.1. The highest BCUT2D eigenvalue weighted by Gasteiger charge is 2.34. The topological polar surface area (TPSA) is 429 Å². The second-order valence-electron chi connectivity index (χ2n) is 31.2. The lowest BCUT2D eigenvalue weighted by Gasteiger charge is -2.13. The Bertz CT molecular complexity index is 7840. The molecule has 0 unspecified atom stereocenters. The Balaban J connectivity index is 0.000000110. The van der Waals surface area contributed by atoms with Crippen LogP contribution in [0, 0.1) is 0 Å². The molecule has 0 aliphatic carbocycles. The molecule has 0 spiro atoms. The van der Waals surface area contributed by atoms with E-state index in [4.69, 9.17) is 207 Å². The third kappa shape index (κ3) is 18.6. The standard InChI is InChI=1S/C18H16Cl2N4OS.C18H15Cl2N3O2S.C16H14Cl2N4O.C15H12Cl2N4O.C14H10Cl2N4O.C13H10Cl2N4O/c1-3-22-8(2)13-6-10-15(23-18(21)24-17(10)26-13)14-9-4-5-25-16(9)12(20)7-11(14)19;1-3-24-8(2)13-6-10-15(22-18(21)23-17(10)26-13)14-9-4-5-25-16(9)12(20)7-11(14)19;1-2-22-5-3-11-14(22)13(21-16(19)20-11)12-8-4-6-23-15(8)10(18)7-9(12)17;1-21-4-2-10-13(21)12(20-15(18)19-10)11-7-3-5-22-14(7)9(17)6-8(11)16;15-7-5-8(16)13-6(2-4-21-13)10(7)12-11-9(1-3-18-11)19-14(17)20-12;1-20-10-4-6(7(14)5-8(10)15)11-12-9(2-3-17-12)18-13(16)19-11/h6-7,22H,2-5H2,1H3,(H2,21,23,24);6-7H,2-5H2,1H3,(H2,21,22,23);3,5,7H,2,4,6H2,1H3,(H2,19,20,21);2,4,6H,3,5H2,1H3,(H2,18,19,20);1,3,5,18H,2,4H2,(H2,17,19,20);2-5,17H,1H3,(H2,16,18,19). The summed E-state index contributed by atoms with van der Waals surface area (Å²) >= 11 is 79.0. The molecular formula is C94H77Cl12N23O7S2. The number of nitrogens with two attached hydrogens (primary N) is 6. The van der Waals surface area contributed by atoms with Gasteiger partial charge >= 0.3 is 0 Å². The minimum Gasteiger partial charge on any atom is -0.495 e. The molecule has 0 radical (unpaired) electrons. The molecule has 0 saturated heterocycles. The van der Waals surface area contributed by atoms with Crippen LogP contribution in [0.25, 0.3) is 144 Å². The molecule has 6 aromatic carbocycles. The summed E-state index contributed by atoms with van der Waals surface area (Å²) in [6.07, 6.45) is 11.1. The average molecular weight is 2130 g/mol. The molecule has 0 saturated carbocycles. The lowest BCUT2D eigenvalue weighted by molar-refractivity contribution is 0.300. The first-order chi connectivity index (χ1) is 66.4. The number of aromatic nitrogens is 16. The van der Waals surface area contributed by atoms with Crippen molar-refractivity contribution in [3.8, 4) is 102 Å². The minimum absolute atomic E-state index is 0.178. The lowest BCUT2D eigenvalue weighted by atomic mass is 10.00. The molecule has 5 aliphatic heterocycles. The van der Waals surface area contributed by atoms with Crippen molar-refractivity contribution in [3.63, 3.8) is 0 Å². The normalized spacial score (nSPS) is 12.8. The zero-order valence-electron chi connectivity index (χ0n) is 73.4. The fourth-order valence-corrected chi connectivity index (χ4v) is 22.7. The number of hydrogen-bond donors (Lipinski definition) is 9. The Kier molecular flexibility index (Phi) is 28.0. The number of thiophene rings is 2. The van der Waals surface area contributed by atoms with E-state index in [9.17, 15) is 0 Å². The molecule has 18 aromatic rings. The van der Waals surface area contributed by atoms with Gasteiger partial charge in [0.05, 0.1) is 172 Å². The number of rotatable bonds is 14. The van der Waals surface area contributed by atoms with Gasteiger partial charge in [0.15, 0.2) is 0 Å². The first-order valence-corrected chi connectivity index (χ1v) is 48.6. The molecule has 23 rings (SSSR count). The molecule has 0 amide bonds. The number of methoxy groups -OCH3 is 1. The zero-order chi connectivity index (χ0) is 97.2. The van der Waals surface area contributed by atoms with E-state index in [0.29, 0.717) is 181 Å². The van der Waals surface area contributed by atoms with Gasteiger partial charge in [0.1, 0.15) is 72.7 Å². The van der Waals surface area contributed by atoms with Crippen LogP contribution in [-0.4, -0.2) is 132 Å². The number of H-pyrrole nitrogens is 2. The molecule has 12 aromatic heterocycles. The fourth-order valence-electron chi connectivity index (χ4n) is 17.0. The van der Waals surface area contributed by atoms with E-state index >= 15 is 0 Å². The van der Waals surface area contributed by atoms with Gasteiger partial charge in [-0.1, -0.05) is 152 Å². The van der Waals surface area contributed by atoms with Crippen LogP contribution >= 0.6 is 162 Å². The van der Waals surface area contributed by atoms with Crippen LogP contribution in [0.3, 0.4) is 0 Å². The molecule has 0 atom stereocenters. The summed E-state index contributed by atoms with van der Waals surface area (Å²) in [6, 6.07) is 23.3. The number of hydrogen-bond acceptors (Lipinski definition) is 28. The third-order valence-corrected chi connectivity index (χ3v) is 28.4. The van der Waals surface area contributed by atoms with Crippen molar-refractivity contribution in [3.05, 3.63) is 215 Å². The maximum atomic E-state index is 6.55. The van der Waals surface area contributed by atoms with Gasteiger partial charge in [-0.05, 0) is 99.6 Å². The van der Waals surface area contributed by atoms with E-state index < -0.39 is 0 Å². The highest BCUT2D eigenvalue weighted by atomic mass is 35.5. The van der Waals surface area contributed by atoms with Crippen LogP contribution in [-0.2, 0) is 50.4 Å². The quantitative estimate of drug-likeness (QED) is 0.0457. The Morgan fingerprint density at radius 1 is 0.406 bits per heavy atom. The van der Waals surface area contributed by atoms with Crippen molar-refractivity contribution >= 4 is 274 Å². The lowest BCUT2D eigenvalue weighted by Crippen LogP contribution is -2.08. The minimum atomic E-state index is 0.178. The molecule has 17 heterocycles. The number of nitrogens with one attached hydrogen (secondary N) is 3. The SMILES string of the molecule is C=C(NCC)c1cc2c(-c3c(Cl)cc(Cl)c4c3CCO4)nc(N)nc2s1.C=C(OCC)c1cc2c(-c3c(Cl)cc(Cl)c4c3CCO4)nc(N)nc2s1.CCn1ccc2nc(N)nc(-c3c(Cl)cc(Cl)c4c3CCO4)c21.COc1cc(-c2nc(N)nc3cc[nH]c23)c(Cl)cc1Cl.Cn1ccc2nc(N)nc(-c3c(Cl)cc(Cl)c4c3CCO4)c21.Nc1nc(-c2c(Cl)cc(Cl)c3c2CCO3)c2[nH]ccc2n1. The van der Waals surface area contributed by atoms with Gasteiger partial charge in [-0.2, -0.15) is 0 Å². The highest BCUT2D eigenvalue weighted by molar-refractivity contribution is 7.20. The first-order valence-electron chi connectivity index (χ1n) is 42.4. The molecule has 44 heteroatoms. The summed E-state index contributed by atoms with van der Waals surface area (Å²) in [7, 11) is 3.48. The average Bonchev–Trinajstić information content (AvgIpc) is 1.61. The van der Waals surface area contributed by atoms with Gasteiger partial charge in [0.25, 0.3) is 0 Å². The van der Waals surface area contributed by atoms with E-state index in [1.54, 1.807) is 54.9 Å². The molecule has 0 bridgehead atoms. The molecule has 30 nitrogen and oxygen atoms in total. The molecule has 15 N–H and O–H groups in total. The summed E-state index contributed by atoms with van der Waals surface area (Å²) in [5, 5.41) is 11.1. The van der Waals surface area contributed by atoms with Crippen molar-refractivity contribution < 1.29 is 33.2 Å². The van der Waals surface area contributed by atoms with E-state index in [1.807, 2.05) is 74.3 Å². The predicted molar refractivity (Wildman–Crippen MR) is 559 cm³/mol. The molecule has 138 heavy (non-hydrogen) atoms. The molecular weight excluding hydrogens is 2050 g/mol. The van der Waals surface area contributed by atoms with Crippen molar-refractivity contribution in [2.24, 2.45) is 7.05 Å². The van der Waals surface area contributed by atoms with E-state index in [1.165, 1.54) is 29.8 Å². The number of nitrogen functional groups attached to an aromatic ring is 6. The van der Waals surface area contributed by atoms with Crippen LogP contribution in [0.5, 0.6) is 34.5 Å². The number of aromatic amines is 2. The van der Waals surface area contributed by atoms with E-state index in [-0.39, 0.29) is 35.7 Å². The van der Waals surface area contributed by atoms with Gasteiger partial charge in [-0.3, -0.25) is 0 Å². The summed E-state index contributed by atoms with van der Waals surface area (Å²) in [5.41, 5.74) is 56.1. The van der Waals surface area contributed by atoms with E-state index in [0.717, 1.165) is 180 Å². The van der Waals surface area contributed by atoms with Crippen LogP contribution in [0.1, 0.15) is 58.3 Å². The van der Waals surface area contributed by atoms with Crippen molar-refractivity contribution in [2.75, 3.05) is 87.7 Å². The van der Waals surface area contributed by atoms with Crippen LogP contribution in [0.4, 0.5) is 35.7 Å². The van der Waals surface area contributed by atoms with Gasteiger partial charge in [0.2, 0.25) is 35.7 Å². The monoisotopic (exact) mass is 2120 g/mol. The smallest absolute Gasteiger partial charge is 0.221 e. The Hall–Kier alpha value is -12.0. The van der Waals surface area contributed by atoms with Crippen LogP contribution < -0.4 is 68.1 Å². The molecule has 0 fully saturated rings. The van der Waals surface area contributed by atoms with Crippen molar-refractivity contribution in [1.29, 1.82) is 0 Å². The number of anilines is 6. The van der Waals surface area contributed by atoms with Gasteiger partial charge < -0.3 is 92.0 Å². The number of benzene rings is 6. The van der Waals surface area contributed by atoms with Crippen LogP contribution in [0.15, 0.2) is 117 Å². The van der Waals surface area contributed by atoms with E-state index in [2.05, 4.69) is 99.7 Å². The van der Waals surface area contributed by atoms with Crippen molar-refractivity contribution in [2.45, 2.75) is 59.4 Å². The highest BCUT2D eigenvalue weighted by Crippen LogP contribution is 2.53. The van der Waals surface area contributed by atoms with Crippen molar-refractivity contribution in [1.82, 2.24) is 84.2 Å². The van der Waals surface area contributed by atoms with Gasteiger partial charge in [0, 0.05) is 155 Å². The van der Waals surface area contributed by atoms with Gasteiger partial charge in [-0.15, -0.1) is 22.7 Å². The molecule has 5 aliphatic rings. The summed E-state index contributed by atoms with van der Waals surface area (Å²) in [5.74, 6) is 5.68. The summed E-state index contributed by atoms with van der Waals surface area (Å²) in [6.45, 7) is 19.1.